The Morgan fingerprint density at radius 2 is 0.798 bits per heavy atom. The molecule has 0 spiro atoms. The van der Waals surface area contributed by atoms with E-state index >= 15 is 8.78 Å². The molecule has 84 heavy (non-hydrogen) atoms. The first-order valence-electron chi connectivity index (χ1n) is 26.2. The summed E-state index contributed by atoms with van der Waals surface area (Å²) in [6.07, 6.45) is -9.86. The quantitative estimate of drug-likeness (QED) is 0.0351. The highest BCUT2D eigenvalue weighted by Gasteiger charge is 2.44. The lowest BCUT2D eigenvalue weighted by Gasteiger charge is -2.36. The normalized spacial score (nSPS) is 15.3. The number of hydrogen-bond acceptors (Lipinski definition) is 15. The summed E-state index contributed by atoms with van der Waals surface area (Å²) in [5.74, 6) is -9.73. The number of carboxylic acid groups (broad SMARTS) is 1. The highest BCUT2D eigenvalue weighted by Crippen LogP contribution is 2.38. The Bertz CT molecular complexity index is 2560. The van der Waals surface area contributed by atoms with Gasteiger partial charge in [-0.1, -0.05) is 65.8 Å². The molecule has 0 aromatic heterocycles. The monoisotopic (exact) mass is 1270 g/mol. The van der Waals surface area contributed by atoms with Crippen molar-refractivity contribution in [1.29, 1.82) is 0 Å². The van der Waals surface area contributed by atoms with Gasteiger partial charge in [-0.15, -0.1) is 12.4 Å². The molecule has 8 atom stereocenters. The van der Waals surface area contributed by atoms with Crippen LogP contribution in [0.1, 0.15) is 120 Å². The largest absolute Gasteiger partial charge is 0.478 e. The number of hydrogen-bond donors (Lipinski definition) is 2. The maximum Gasteiger partial charge on any atom is 0.446 e. The highest BCUT2D eigenvalue weighted by molar-refractivity contribution is 8.00. The Labute approximate surface area is 500 Å². The average molecular weight is 1270 g/mol. The number of alkyl halides is 8. The summed E-state index contributed by atoms with van der Waals surface area (Å²) < 4.78 is 132. The average Bonchev–Trinajstić information content (AvgIpc) is 3.54. The molecule has 0 saturated carbocycles. The third kappa shape index (κ3) is 27.3. The van der Waals surface area contributed by atoms with Gasteiger partial charge in [0.25, 0.3) is 17.7 Å². The SMILES string of the molecule is CN[C@@H](CC(C)(C)C)C(=O)O[C@H](C)C(=O)N(C)[C@@H](CC(C)(C)F)C(=O)O[C@H](Cc1ccc(SC(F)(F)F)cc1)C(=O)N(C)[C@@H](CC(C)(C)C)C(=O)O[C@H](C)C(=O)N(C)[C@@H](CC(C)(C)F)C(=O)O[C@H](Cc1ccc(SC(F)(F)F)cc1)C(=O)O.Cl. The van der Waals surface area contributed by atoms with Gasteiger partial charge in [0.1, 0.15) is 35.5 Å². The second-order valence-corrected chi connectivity index (χ2v) is 26.0. The van der Waals surface area contributed by atoms with E-state index in [0.29, 0.717) is 11.3 Å². The minimum Gasteiger partial charge on any atom is -0.478 e. The zero-order valence-corrected chi connectivity index (χ0v) is 52.4. The summed E-state index contributed by atoms with van der Waals surface area (Å²) in [6, 6.07) is 2.98. The summed E-state index contributed by atoms with van der Waals surface area (Å²) in [6.45, 7) is 17.3. The molecule has 17 nitrogen and oxygen atoms in total. The van der Waals surface area contributed by atoms with Gasteiger partial charge in [0.05, 0.1) is 0 Å². The zero-order chi connectivity index (χ0) is 64.1. The summed E-state index contributed by atoms with van der Waals surface area (Å²) in [5, 5.41) is 12.8. The number of carbonyl (C=O) groups is 8. The molecule has 0 saturated heterocycles. The first kappa shape index (κ1) is 76.6. The molecule has 0 aliphatic rings. The molecule has 0 aliphatic heterocycles. The first-order valence-corrected chi connectivity index (χ1v) is 27.8. The number of halogens is 9. The van der Waals surface area contributed by atoms with Gasteiger partial charge in [-0.05, 0) is 131 Å². The molecule has 28 heteroatoms. The Kier molecular flexibility index (Phi) is 28.5. The minimum absolute atomic E-state index is 0. The van der Waals surface area contributed by atoms with Crippen LogP contribution in [-0.2, 0) is 70.1 Å². The molecule has 2 rings (SSSR count). The van der Waals surface area contributed by atoms with Crippen molar-refractivity contribution >= 4 is 83.5 Å². The summed E-state index contributed by atoms with van der Waals surface area (Å²) in [7, 11) is 4.79. The third-order valence-corrected chi connectivity index (χ3v) is 13.9. The maximum absolute atomic E-state index is 15.6. The van der Waals surface area contributed by atoms with Crippen molar-refractivity contribution in [2.75, 3.05) is 28.2 Å². The minimum atomic E-state index is -4.67. The van der Waals surface area contributed by atoms with Crippen LogP contribution in [0.5, 0.6) is 0 Å². The predicted octanol–water partition coefficient (Wildman–Crippen LogP) is 10.1. The van der Waals surface area contributed by atoms with Crippen LogP contribution >= 0.6 is 35.9 Å². The molecule has 0 aliphatic carbocycles. The first-order chi connectivity index (χ1) is 37.6. The van der Waals surface area contributed by atoms with Crippen LogP contribution in [0.15, 0.2) is 58.3 Å². The predicted molar refractivity (Wildman–Crippen MR) is 300 cm³/mol. The van der Waals surface area contributed by atoms with Crippen LogP contribution < -0.4 is 5.32 Å². The number of nitrogens with zero attached hydrogens (tertiary/aromatic N) is 3. The van der Waals surface area contributed by atoms with Gasteiger partial charge in [-0.2, -0.15) is 26.3 Å². The van der Waals surface area contributed by atoms with Gasteiger partial charge in [-0.25, -0.2) is 28.0 Å². The van der Waals surface area contributed by atoms with Crippen LogP contribution in [0.3, 0.4) is 0 Å². The van der Waals surface area contributed by atoms with E-state index in [0.717, 1.165) is 89.8 Å². The number of esters is 4. The number of ether oxygens (including phenoxy) is 4. The second-order valence-electron chi connectivity index (χ2n) is 23.8. The van der Waals surface area contributed by atoms with Crippen LogP contribution in [0.25, 0.3) is 0 Å². The number of likely N-dealkylation sites (N-methyl/N-ethyl adjacent to an activating group) is 4. The fourth-order valence-corrected chi connectivity index (χ4v) is 9.38. The van der Waals surface area contributed by atoms with Gasteiger partial charge < -0.3 is 44.1 Å². The van der Waals surface area contributed by atoms with Crippen molar-refractivity contribution in [3.63, 3.8) is 0 Å². The smallest absolute Gasteiger partial charge is 0.446 e. The Morgan fingerprint density at radius 3 is 1.12 bits per heavy atom. The van der Waals surface area contributed by atoms with Crippen molar-refractivity contribution in [3.05, 3.63) is 59.7 Å². The number of benzene rings is 2. The zero-order valence-electron chi connectivity index (χ0n) is 49.9. The molecule has 0 radical (unpaired) electrons. The van der Waals surface area contributed by atoms with E-state index in [4.69, 9.17) is 18.9 Å². The Hall–Kier alpha value is -5.41. The summed E-state index contributed by atoms with van der Waals surface area (Å²) >= 11 is -0.839. The lowest BCUT2D eigenvalue weighted by Crippen LogP contribution is -2.54. The molecule has 2 N–H and O–H groups in total. The number of carbonyl (C=O) groups excluding carboxylic acids is 7. The number of amides is 3. The van der Waals surface area contributed by atoms with Crippen LogP contribution in [0.2, 0.25) is 0 Å². The maximum atomic E-state index is 15.6. The fraction of sp³-hybridized carbons (Fsp3) is 0.643. The van der Waals surface area contributed by atoms with E-state index in [9.17, 15) is 69.8 Å². The van der Waals surface area contributed by atoms with Gasteiger partial charge in [-0.3, -0.25) is 19.2 Å². The fourth-order valence-electron chi connectivity index (χ4n) is 8.30. The van der Waals surface area contributed by atoms with Crippen molar-refractivity contribution in [3.8, 4) is 0 Å². The molecule has 476 valence electrons. The Morgan fingerprint density at radius 1 is 0.488 bits per heavy atom. The Balaban J connectivity index is 0.0000353. The molecule has 0 heterocycles. The van der Waals surface area contributed by atoms with Crippen molar-refractivity contribution in [2.45, 2.75) is 202 Å². The van der Waals surface area contributed by atoms with Crippen molar-refractivity contribution in [2.24, 2.45) is 10.8 Å². The van der Waals surface area contributed by atoms with Gasteiger partial charge in [0.15, 0.2) is 18.3 Å². The van der Waals surface area contributed by atoms with Gasteiger partial charge >= 0.3 is 40.9 Å². The standard InChI is InChI=1S/C56H78F8N4O13S2.ClH/c1-31(78-47(74)37(65-13)27-51(3,4)5)43(69)66(14)39(29-53(9,10)57)49(76)80-41(25-33-17-21-35(22-18-33)82-55(59,60)61)45(71)68(16)38(28-52(6,7)8)48(75)79-32(2)44(70)67(15)40(30-54(11,12)58)50(77)81-42(46(72)73)26-34-19-23-36(24-20-34)83-56(62,63)64;/h17-24,31-32,37-42,65H,25-30H2,1-16H3,(H,72,73);1H/t31-,32-,37+,38+,39+,40+,41-,42-;/m1./s1. The van der Waals surface area contributed by atoms with Crippen molar-refractivity contribution in [1.82, 2.24) is 20.0 Å². The molecular weight excluding hydrogens is 1190 g/mol. The molecule has 3 amide bonds. The number of aliphatic carboxylic acids is 1. The van der Waals surface area contributed by atoms with E-state index in [1.807, 2.05) is 20.8 Å². The molecule has 2 aromatic rings. The van der Waals surface area contributed by atoms with Crippen molar-refractivity contribution < 1.29 is 97.5 Å². The molecule has 0 bridgehead atoms. The summed E-state index contributed by atoms with van der Waals surface area (Å²) in [4.78, 5) is 113. The number of carboxylic acids is 1. The lowest BCUT2D eigenvalue weighted by atomic mass is 9.87. The van der Waals surface area contributed by atoms with E-state index in [-0.39, 0.29) is 45.2 Å². The highest BCUT2D eigenvalue weighted by atomic mass is 35.5. The van der Waals surface area contributed by atoms with Crippen LogP contribution in [0, 0.1) is 10.8 Å². The van der Waals surface area contributed by atoms with E-state index in [1.54, 1.807) is 20.8 Å². The van der Waals surface area contributed by atoms with E-state index < -0.39 is 173 Å². The van der Waals surface area contributed by atoms with Crippen LogP contribution in [0.4, 0.5) is 35.1 Å². The molecule has 2 aromatic carbocycles. The lowest BCUT2D eigenvalue weighted by molar-refractivity contribution is -0.175. The molecule has 0 fully saturated rings. The second kappa shape index (κ2) is 31.3. The molecule has 0 unspecified atom stereocenters. The number of rotatable bonds is 28. The topological polar surface area (TPSA) is 215 Å². The van der Waals surface area contributed by atoms with Gasteiger partial charge in [0, 0.05) is 56.6 Å². The van der Waals surface area contributed by atoms with Gasteiger partial charge in [0.2, 0.25) is 6.10 Å². The third-order valence-electron chi connectivity index (χ3n) is 12.4. The van der Waals surface area contributed by atoms with E-state index in [1.165, 1.54) is 38.2 Å². The summed E-state index contributed by atoms with van der Waals surface area (Å²) in [5.41, 5.74) is -14.6. The molecular formula is C56H79ClF8N4O13S2. The van der Waals surface area contributed by atoms with E-state index in [2.05, 4.69) is 5.32 Å². The number of thioether (sulfide) groups is 2. The van der Waals surface area contributed by atoms with Crippen LogP contribution in [-0.4, -0.2) is 167 Å². The number of nitrogens with one attached hydrogen (secondary N) is 1.